The summed E-state index contributed by atoms with van der Waals surface area (Å²) in [6.07, 6.45) is 1.63. The van der Waals surface area contributed by atoms with E-state index in [1.807, 2.05) is 0 Å². The fourth-order valence-corrected chi connectivity index (χ4v) is 2.40. The summed E-state index contributed by atoms with van der Waals surface area (Å²) in [4.78, 5) is 15.8. The van der Waals surface area contributed by atoms with Gasteiger partial charge in [-0.05, 0) is 30.7 Å². The summed E-state index contributed by atoms with van der Waals surface area (Å²) in [6.45, 7) is 2.26. The zero-order chi connectivity index (χ0) is 15.4. The van der Waals surface area contributed by atoms with Gasteiger partial charge in [-0.25, -0.2) is 4.98 Å². The van der Waals surface area contributed by atoms with Crippen molar-refractivity contribution in [1.82, 2.24) is 20.1 Å². The molecule has 2 aromatic rings. The van der Waals surface area contributed by atoms with Crippen LogP contribution in [0.5, 0.6) is 0 Å². The summed E-state index contributed by atoms with van der Waals surface area (Å²) in [5.74, 6) is -0.527. The molecular formula is C13H14Cl2N4O2. The molecule has 0 aliphatic carbocycles. The molecule has 0 saturated carbocycles. The Hall–Kier alpha value is -1.63. The van der Waals surface area contributed by atoms with Crippen LogP contribution in [-0.2, 0) is 11.3 Å². The molecule has 0 aliphatic rings. The van der Waals surface area contributed by atoms with Gasteiger partial charge in [-0.1, -0.05) is 23.2 Å². The molecule has 2 N–H and O–H groups in total. The quantitative estimate of drug-likeness (QED) is 0.877. The molecule has 0 saturated heterocycles. The number of nitrogens with one attached hydrogen (secondary N) is 1. The number of hydrogen-bond acceptors (Lipinski definition) is 4. The second-order valence-electron chi connectivity index (χ2n) is 4.63. The summed E-state index contributed by atoms with van der Waals surface area (Å²) in [5, 5.41) is 17.4. The van der Waals surface area contributed by atoms with Crippen molar-refractivity contribution in [3.8, 4) is 0 Å². The number of amides is 1. The summed E-state index contributed by atoms with van der Waals surface area (Å²) >= 11 is 11.7. The molecule has 21 heavy (non-hydrogen) atoms. The summed E-state index contributed by atoms with van der Waals surface area (Å²) in [6, 6.07) is 4.31. The Labute approximate surface area is 131 Å². The molecule has 1 aromatic carbocycles. The molecule has 0 spiro atoms. The molecule has 1 heterocycles. The van der Waals surface area contributed by atoms with Gasteiger partial charge in [0.1, 0.15) is 12.7 Å². The van der Waals surface area contributed by atoms with Crippen LogP contribution in [0.4, 0.5) is 0 Å². The summed E-state index contributed by atoms with van der Waals surface area (Å²) < 4.78 is 1.59. The average Bonchev–Trinajstić information content (AvgIpc) is 2.89. The van der Waals surface area contributed by atoms with Gasteiger partial charge < -0.3 is 10.4 Å². The van der Waals surface area contributed by atoms with Crippen molar-refractivity contribution < 1.29 is 9.90 Å². The highest BCUT2D eigenvalue weighted by Gasteiger charge is 2.20. The maximum Gasteiger partial charge on any atom is 0.253 e. The molecule has 8 heteroatoms. The smallest absolute Gasteiger partial charge is 0.253 e. The Bertz CT molecular complexity index is 598. The first-order chi connectivity index (χ1) is 9.95. The highest BCUT2D eigenvalue weighted by molar-refractivity contribution is 6.34. The molecule has 0 radical (unpaired) electrons. The van der Waals surface area contributed by atoms with Crippen molar-refractivity contribution in [3.63, 3.8) is 0 Å². The summed E-state index contributed by atoms with van der Waals surface area (Å²) in [5.41, 5.74) is 0.345. The first kappa shape index (κ1) is 15.8. The molecule has 0 aliphatic heterocycles. The number of rotatable bonds is 5. The molecule has 2 atom stereocenters. The lowest BCUT2D eigenvalue weighted by molar-refractivity contribution is -0.130. The third kappa shape index (κ3) is 4.42. The Morgan fingerprint density at radius 3 is 2.62 bits per heavy atom. The number of aliphatic hydroxyl groups excluding tert-OH is 1. The van der Waals surface area contributed by atoms with Crippen molar-refractivity contribution in [3.05, 3.63) is 46.5 Å². The second-order valence-corrected chi connectivity index (χ2v) is 5.51. The van der Waals surface area contributed by atoms with Gasteiger partial charge in [-0.3, -0.25) is 9.48 Å². The van der Waals surface area contributed by atoms with E-state index in [1.54, 1.807) is 17.9 Å². The van der Waals surface area contributed by atoms with Crippen LogP contribution in [0.15, 0.2) is 30.9 Å². The maximum absolute atomic E-state index is 12.0. The maximum atomic E-state index is 12.0. The molecule has 2 rings (SSSR count). The number of aliphatic hydroxyl groups is 1. The molecule has 0 fully saturated rings. The highest BCUT2D eigenvalue weighted by Crippen LogP contribution is 2.23. The lowest BCUT2D eigenvalue weighted by Gasteiger charge is -2.17. The van der Waals surface area contributed by atoms with Gasteiger partial charge in [0.15, 0.2) is 6.10 Å². The van der Waals surface area contributed by atoms with Crippen LogP contribution in [0, 0.1) is 0 Å². The lowest BCUT2D eigenvalue weighted by atomic mass is 10.1. The average molecular weight is 329 g/mol. The van der Waals surface area contributed by atoms with Gasteiger partial charge in [0, 0.05) is 16.1 Å². The first-order valence-electron chi connectivity index (χ1n) is 6.22. The minimum absolute atomic E-state index is 0.219. The third-order valence-corrected chi connectivity index (χ3v) is 3.20. The number of halogens is 2. The lowest BCUT2D eigenvalue weighted by Crippen LogP contribution is -2.38. The van der Waals surface area contributed by atoms with E-state index in [-0.39, 0.29) is 6.04 Å². The number of benzene rings is 1. The normalized spacial score (nSPS) is 13.7. The van der Waals surface area contributed by atoms with E-state index in [9.17, 15) is 9.90 Å². The van der Waals surface area contributed by atoms with Gasteiger partial charge in [-0.2, -0.15) is 5.10 Å². The van der Waals surface area contributed by atoms with Crippen LogP contribution >= 0.6 is 23.2 Å². The molecule has 112 valence electrons. The number of aromatic nitrogens is 3. The highest BCUT2D eigenvalue weighted by atomic mass is 35.5. The van der Waals surface area contributed by atoms with E-state index in [2.05, 4.69) is 15.4 Å². The van der Waals surface area contributed by atoms with E-state index in [0.29, 0.717) is 22.2 Å². The predicted octanol–water partition coefficient (Wildman–Crippen LogP) is 1.82. The van der Waals surface area contributed by atoms with Gasteiger partial charge in [0.25, 0.3) is 5.91 Å². The standard InChI is InChI=1S/C13H14Cl2N4O2/c1-8(5-19-7-16-6-17-19)18-13(21)12(20)9-2-10(14)4-11(15)3-9/h2-4,6-8,12,20H,5H2,1H3,(H,18,21)/t8-,12-/m1/s1. The predicted molar refractivity (Wildman–Crippen MR) is 79.0 cm³/mol. The second kappa shape index (κ2) is 6.89. The Kier molecular flexibility index (Phi) is 5.17. The number of hydrogen-bond donors (Lipinski definition) is 2. The SMILES string of the molecule is C[C@H](Cn1cncn1)NC(=O)[C@H](O)c1cc(Cl)cc(Cl)c1. The van der Waals surface area contributed by atoms with Gasteiger partial charge in [-0.15, -0.1) is 0 Å². The van der Waals surface area contributed by atoms with E-state index in [1.165, 1.54) is 24.5 Å². The van der Waals surface area contributed by atoms with Crippen LogP contribution in [0.25, 0.3) is 0 Å². The first-order valence-corrected chi connectivity index (χ1v) is 6.98. The Morgan fingerprint density at radius 1 is 1.38 bits per heavy atom. The van der Waals surface area contributed by atoms with Crippen molar-refractivity contribution in [2.75, 3.05) is 0 Å². The molecule has 0 unspecified atom stereocenters. The number of carbonyl (C=O) groups excluding carboxylic acids is 1. The van der Waals surface area contributed by atoms with Crippen molar-refractivity contribution in [2.45, 2.75) is 25.6 Å². The van der Waals surface area contributed by atoms with E-state index < -0.39 is 12.0 Å². The summed E-state index contributed by atoms with van der Waals surface area (Å²) in [7, 11) is 0. The molecular weight excluding hydrogens is 315 g/mol. The van der Waals surface area contributed by atoms with E-state index >= 15 is 0 Å². The van der Waals surface area contributed by atoms with Crippen molar-refractivity contribution >= 4 is 29.1 Å². The fourth-order valence-electron chi connectivity index (χ4n) is 1.86. The van der Waals surface area contributed by atoms with Gasteiger partial charge >= 0.3 is 0 Å². The monoisotopic (exact) mass is 328 g/mol. The molecule has 1 amide bonds. The Balaban J connectivity index is 1.98. The minimum Gasteiger partial charge on any atom is -0.378 e. The van der Waals surface area contributed by atoms with Crippen LogP contribution in [-0.4, -0.2) is 31.8 Å². The van der Waals surface area contributed by atoms with Crippen LogP contribution in [0.1, 0.15) is 18.6 Å². The number of carbonyl (C=O) groups is 1. The van der Waals surface area contributed by atoms with E-state index in [0.717, 1.165) is 0 Å². The van der Waals surface area contributed by atoms with Gasteiger partial charge in [0.2, 0.25) is 0 Å². The largest absolute Gasteiger partial charge is 0.378 e. The van der Waals surface area contributed by atoms with Gasteiger partial charge in [0.05, 0.1) is 6.54 Å². The minimum atomic E-state index is -1.33. The fraction of sp³-hybridized carbons (Fsp3) is 0.308. The van der Waals surface area contributed by atoms with Crippen LogP contribution < -0.4 is 5.32 Å². The zero-order valence-corrected chi connectivity index (χ0v) is 12.7. The van der Waals surface area contributed by atoms with Crippen molar-refractivity contribution in [1.29, 1.82) is 0 Å². The van der Waals surface area contributed by atoms with Crippen molar-refractivity contribution in [2.24, 2.45) is 0 Å². The van der Waals surface area contributed by atoms with E-state index in [4.69, 9.17) is 23.2 Å². The zero-order valence-electron chi connectivity index (χ0n) is 11.2. The molecule has 0 bridgehead atoms. The Morgan fingerprint density at radius 2 is 2.05 bits per heavy atom. The number of nitrogens with zero attached hydrogens (tertiary/aromatic N) is 3. The van der Waals surface area contributed by atoms with Crippen LogP contribution in [0.2, 0.25) is 10.0 Å². The molecule has 6 nitrogen and oxygen atoms in total. The topological polar surface area (TPSA) is 80.0 Å². The molecule has 1 aromatic heterocycles. The third-order valence-electron chi connectivity index (χ3n) is 2.77. The van der Waals surface area contributed by atoms with Crippen LogP contribution in [0.3, 0.4) is 0 Å².